The molecule has 2 unspecified atom stereocenters. The molecule has 0 radical (unpaired) electrons. The zero-order valence-electron chi connectivity index (χ0n) is 11.2. The van der Waals surface area contributed by atoms with Crippen molar-refractivity contribution in [3.05, 3.63) is 22.7 Å². The van der Waals surface area contributed by atoms with Crippen LogP contribution in [-0.4, -0.2) is 33.9 Å². The summed E-state index contributed by atoms with van der Waals surface area (Å²) in [6, 6.07) is 0.134. The van der Waals surface area contributed by atoms with Crippen LogP contribution in [-0.2, 0) is 0 Å². The molecule has 1 aromatic heterocycles. The van der Waals surface area contributed by atoms with Crippen molar-refractivity contribution in [1.29, 1.82) is 0 Å². The molecule has 1 aliphatic rings. The van der Waals surface area contributed by atoms with Gasteiger partial charge in [0.25, 0.3) is 5.56 Å². The summed E-state index contributed by atoms with van der Waals surface area (Å²) in [4.78, 5) is 18.5. The van der Waals surface area contributed by atoms with Crippen LogP contribution >= 0.6 is 0 Å². The zero-order valence-corrected chi connectivity index (χ0v) is 11.2. The Hall–Kier alpha value is -1.36. The minimum absolute atomic E-state index is 0.0428. The number of aliphatic hydroxyl groups excluding tert-OH is 1. The van der Waals surface area contributed by atoms with Gasteiger partial charge in [-0.3, -0.25) is 4.79 Å². The maximum Gasteiger partial charge on any atom is 0.293 e. The standard InChI is InChI=1S/C13H21N3O2/c1-9(2)16-7-5-14-12(13(16)18)15-6-4-11(8-15)10(3)17/h5,7,9-11,17H,4,6,8H2,1-3H3. The molecular formula is C13H21N3O2. The summed E-state index contributed by atoms with van der Waals surface area (Å²) in [7, 11) is 0. The van der Waals surface area contributed by atoms with E-state index >= 15 is 0 Å². The molecule has 100 valence electrons. The lowest BCUT2D eigenvalue weighted by atomic mass is 10.0. The molecule has 1 fully saturated rings. The number of aromatic nitrogens is 2. The number of anilines is 1. The van der Waals surface area contributed by atoms with Crippen LogP contribution in [0, 0.1) is 5.92 Å². The van der Waals surface area contributed by atoms with Gasteiger partial charge < -0.3 is 14.6 Å². The van der Waals surface area contributed by atoms with Gasteiger partial charge in [0, 0.05) is 37.4 Å². The predicted octanol–water partition coefficient (Wildman–Crippen LogP) is 1.03. The summed E-state index contributed by atoms with van der Waals surface area (Å²) in [6.45, 7) is 7.27. The SMILES string of the molecule is CC(O)C1CCN(c2nccn(C(C)C)c2=O)C1. The first-order chi connectivity index (χ1) is 8.50. The van der Waals surface area contributed by atoms with Gasteiger partial charge >= 0.3 is 0 Å². The van der Waals surface area contributed by atoms with Crippen molar-refractivity contribution in [3.63, 3.8) is 0 Å². The first-order valence-electron chi connectivity index (χ1n) is 6.51. The fourth-order valence-corrected chi connectivity index (χ4v) is 2.41. The highest BCUT2D eigenvalue weighted by Crippen LogP contribution is 2.22. The van der Waals surface area contributed by atoms with E-state index in [4.69, 9.17) is 0 Å². The van der Waals surface area contributed by atoms with E-state index in [1.54, 1.807) is 23.9 Å². The Morgan fingerprint density at radius 2 is 2.17 bits per heavy atom. The first-order valence-corrected chi connectivity index (χ1v) is 6.51. The van der Waals surface area contributed by atoms with Gasteiger partial charge in [0.2, 0.25) is 0 Å². The monoisotopic (exact) mass is 251 g/mol. The minimum atomic E-state index is -0.328. The Morgan fingerprint density at radius 3 is 2.72 bits per heavy atom. The Balaban J connectivity index is 2.25. The molecule has 5 nitrogen and oxygen atoms in total. The molecular weight excluding hydrogens is 230 g/mol. The van der Waals surface area contributed by atoms with Gasteiger partial charge in [-0.2, -0.15) is 0 Å². The summed E-state index contributed by atoms with van der Waals surface area (Å²) in [5.41, 5.74) is -0.0428. The van der Waals surface area contributed by atoms with Crippen LogP contribution in [0.4, 0.5) is 5.82 Å². The molecule has 5 heteroatoms. The van der Waals surface area contributed by atoms with Crippen molar-refractivity contribution in [3.8, 4) is 0 Å². The summed E-state index contributed by atoms with van der Waals surface area (Å²) in [5, 5.41) is 9.60. The fraction of sp³-hybridized carbons (Fsp3) is 0.692. The Bertz CT molecular complexity index is 468. The number of hydrogen-bond acceptors (Lipinski definition) is 4. The minimum Gasteiger partial charge on any atom is -0.393 e. The van der Waals surface area contributed by atoms with E-state index in [1.165, 1.54) is 0 Å². The lowest BCUT2D eigenvalue weighted by Gasteiger charge is -2.19. The molecule has 0 aliphatic carbocycles. The van der Waals surface area contributed by atoms with Gasteiger partial charge in [-0.1, -0.05) is 0 Å². The van der Waals surface area contributed by atoms with Gasteiger partial charge in [0.05, 0.1) is 6.10 Å². The van der Waals surface area contributed by atoms with Crippen LogP contribution in [0.25, 0.3) is 0 Å². The molecule has 18 heavy (non-hydrogen) atoms. The van der Waals surface area contributed by atoms with E-state index in [9.17, 15) is 9.90 Å². The van der Waals surface area contributed by atoms with Crippen LogP contribution < -0.4 is 10.5 Å². The number of aliphatic hydroxyl groups is 1. The molecule has 2 atom stereocenters. The molecule has 2 heterocycles. The number of hydrogen-bond donors (Lipinski definition) is 1. The van der Waals surface area contributed by atoms with Crippen molar-refractivity contribution in [2.24, 2.45) is 5.92 Å². The van der Waals surface area contributed by atoms with Gasteiger partial charge in [-0.15, -0.1) is 0 Å². The highest BCUT2D eigenvalue weighted by molar-refractivity contribution is 5.37. The van der Waals surface area contributed by atoms with Crippen molar-refractivity contribution in [1.82, 2.24) is 9.55 Å². The van der Waals surface area contributed by atoms with Gasteiger partial charge in [-0.05, 0) is 27.2 Å². The average Bonchev–Trinajstić information content (AvgIpc) is 2.78. The predicted molar refractivity (Wildman–Crippen MR) is 70.9 cm³/mol. The second-order valence-corrected chi connectivity index (χ2v) is 5.29. The summed E-state index contributed by atoms with van der Waals surface area (Å²) in [5.74, 6) is 0.744. The fourth-order valence-electron chi connectivity index (χ4n) is 2.41. The van der Waals surface area contributed by atoms with Crippen LogP contribution in [0.3, 0.4) is 0 Å². The quantitative estimate of drug-likeness (QED) is 0.871. The van der Waals surface area contributed by atoms with E-state index in [0.717, 1.165) is 13.0 Å². The smallest absolute Gasteiger partial charge is 0.293 e. The molecule has 1 N–H and O–H groups in total. The molecule has 1 saturated heterocycles. The third kappa shape index (κ3) is 2.41. The molecule has 2 rings (SSSR count). The van der Waals surface area contributed by atoms with E-state index in [2.05, 4.69) is 4.98 Å². The van der Waals surface area contributed by atoms with Crippen LogP contribution in [0.2, 0.25) is 0 Å². The second kappa shape index (κ2) is 5.10. The highest BCUT2D eigenvalue weighted by atomic mass is 16.3. The highest BCUT2D eigenvalue weighted by Gasteiger charge is 2.28. The maximum atomic E-state index is 12.3. The van der Waals surface area contributed by atoms with Gasteiger partial charge in [-0.25, -0.2) is 4.98 Å². The summed E-state index contributed by atoms with van der Waals surface area (Å²) >= 11 is 0. The molecule has 0 aromatic carbocycles. The molecule has 1 aliphatic heterocycles. The summed E-state index contributed by atoms with van der Waals surface area (Å²) in [6.07, 6.45) is 3.98. The van der Waals surface area contributed by atoms with Gasteiger partial charge in [0.1, 0.15) is 0 Å². The van der Waals surface area contributed by atoms with E-state index < -0.39 is 0 Å². The normalized spacial score (nSPS) is 21.6. The second-order valence-electron chi connectivity index (χ2n) is 5.29. The first kappa shape index (κ1) is 13.1. The lowest BCUT2D eigenvalue weighted by molar-refractivity contribution is 0.136. The largest absolute Gasteiger partial charge is 0.393 e. The van der Waals surface area contributed by atoms with Crippen LogP contribution in [0.1, 0.15) is 33.2 Å². The lowest BCUT2D eigenvalue weighted by Crippen LogP contribution is -2.33. The number of nitrogens with zero attached hydrogens (tertiary/aromatic N) is 3. The third-order valence-corrected chi connectivity index (χ3v) is 3.61. The Labute approximate surface area is 107 Å². The Kier molecular flexibility index (Phi) is 3.71. The maximum absolute atomic E-state index is 12.3. The Morgan fingerprint density at radius 1 is 1.44 bits per heavy atom. The summed E-state index contributed by atoms with van der Waals surface area (Å²) < 4.78 is 1.69. The van der Waals surface area contributed by atoms with Crippen molar-refractivity contribution in [2.45, 2.75) is 39.3 Å². The van der Waals surface area contributed by atoms with Crippen LogP contribution in [0.5, 0.6) is 0 Å². The molecule has 0 amide bonds. The molecule has 1 aromatic rings. The topological polar surface area (TPSA) is 58.4 Å². The van der Waals surface area contributed by atoms with Crippen molar-refractivity contribution >= 4 is 5.82 Å². The van der Waals surface area contributed by atoms with Crippen molar-refractivity contribution in [2.75, 3.05) is 18.0 Å². The van der Waals surface area contributed by atoms with E-state index in [1.807, 2.05) is 18.7 Å². The molecule has 0 spiro atoms. The average molecular weight is 251 g/mol. The van der Waals surface area contributed by atoms with Crippen LogP contribution in [0.15, 0.2) is 17.2 Å². The third-order valence-electron chi connectivity index (χ3n) is 3.61. The molecule has 0 saturated carbocycles. The number of rotatable bonds is 3. The van der Waals surface area contributed by atoms with Gasteiger partial charge in [0.15, 0.2) is 5.82 Å². The van der Waals surface area contributed by atoms with E-state index in [-0.39, 0.29) is 23.6 Å². The van der Waals surface area contributed by atoms with E-state index in [0.29, 0.717) is 12.4 Å². The molecule has 0 bridgehead atoms. The zero-order chi connectivity index (χ0) is 13.3. The van der Waals surface area contributed by atoms with Crippen molar-refractivity contribution < 1.29 is 5.11 Å².